The van der Waals surface area contributed by atoms with Crippen molar-refractivity contribution in [1.29, 1.82) is 5.26 Å². The molecule has 1 aliphatic rings. The van der Waals surface area contributed by atoms with Gasteiger partial charge in [-0.2, -0.15) is 5.26 Å². The number of nitriles is 1. The molecule has 0 aromatic heterocycles. The maximum Gasteiger partial charge on any atom is 0.258 e. The second kappa shape index (κ2) is 5.65. The molecular weight excluding hydrogens is 282 g/mol. The highest BCUT2D eigenvalue weighted by atomic mass is 35.5. The summed E-state index contributed by atoms with van der Waals surface area (Å²) >= 11 is 17.0. The summed E-state index contributed by atoms with van der Waals surface area (Å²) in [7, 11) is 0. The van der Waals surface area contributed by atoms with Crippen LogP contribution >= 0.6 is 34.8 Å². The van der Waals surface area contributed by atoms with E-state index in [1.54, 1.807) is 0 Å². The van der Waals surface area contributed by atoms with Crippen LogP contribution in [0.3, 0.4) is 0 Å². The zero-order valence-corrected chi connectivity index (χ0v) is 11.9. The number of hydrogen-bond acceptors (Lipinski definition) is 2. The SMILES string of the molecule is CC1CCC(C#N)(NC(=O)C(Cl)(Cl)CCl)CC1. The first-order chi connectivity index (χ1) is 7.85. The van der Waals surface area contributed by atoms with Gasteiger partial charge in [-0.3, -0.25) is 4.79 Å². The van der Waals surface area contributed by atoms with Gasteiger partial charge in [-0.05, 0) is 31.6 Å². The van der Waals surface area contributed by atoms with Crippen LogP contribution in [0.5, 0.6) is 0 Å². The second-order valence-corrected chi connectivity index (χ2v) is 6.42. The molecule has 1 N–H and O–H groups in total. The summed E-state index contributed by atoms with van der Waals surface area (Å²) in [6.45, 7) is 2.13. The summed E-state index contributed by atoms with van der Waals surface area (Å²) < 4.78 is -1.67. The Labute approximate surface area is 116 Å². The molecule has 0 heterocycles. The first-order valence-corrected chi connectivity index (χ1v) is 6.82. The van der Waals surface area contributed by atoms with Gasteiger partial charge in [0.1, 0.15) is 5.54 Å². The van der Waals surface area contributed by atoms with Gasteiger partial charge in [0, 0.05) is 0 Å². The van der Waals surface area contributed by atoms with Crippen molar-refractivity contribution in [3.63, 3.8) is 0 Å². The van der Waals surface area contributed by atoms with Crippen LogP contribution in [0, 0.1) is 17.2 Å². The molecule has 0 bridgehead atoms. The van der Waals surface area contributed by atoms with E-state index >= 15 is 0 Å². The quantitative estimate of drug-likeness (QED) is 0.814. The molecule has 1 amide bonds. The number of nitrogens with zero attached hydrogens (tertiary/aromatic N) is 1. The summed E-state index contributed by atoms with van der Waals surface area (Å²) in [5, 5.41) is 11.9. The van der Waals surface area contributed by atoms with Gasteiger partial charge >= 0.3 is 0 Å². The van der Waals surface area contributed by atoms with E-state index in [9.17, 15) is 10.1 Å². The third-order valence-corrected chi connectivity index (χ3v) is 4.48. The molecular formula is C11H15Cl3N2O. The molecule has 1 aliphatic carbocycles. The average Bonchev–Trinajstić information content (AvgIpc) is 2.32. The Hall–Kier alpha value is -0.170. The van der Waals surface area contributed by atoms with E-state index in [-0.39, 0.29) is 5.88 Å². The number of alkyl halides is 3. The minimum Gasteiger partial charge on any atom is -0.335 e. The molecule has 0 atom stereocenters. The maximum atomic E-state index is 11.8. The fourth-order valence-corrected chi connectivity index (χ4v) is 2.10. The van der Waals surface area contributed by atoms with Crippen LogP contribution in [0.1, 0.15) is 32.6 Å². The van der Waals surface area contributed by atoms with Gasteiger partial charge < -0.3 is 5.32 Å². The average molecular weight is 298 g/mol. The van der Waals surface area contributed by atoms with E-state index in [0.29, 0.717) is 18.8 Å². The lowest BCUT2D eigenvalue weighted by molar-refractivity contribution is -0.123. The minimum atomic E-state index is -1.67. The second-order valence-electron chi connectivity index (χ2n) is 4.67. The van der Waals surface area contributed by atoms with Crippen LogP contribution in [0.15, 0.2) is 0 Å². The van der Waals surface area contributed by atoms with Crippen molar-refractivity contribution in [2.75, 3.05) is 5.88 Å². The zero-order valence-electron chi connectivity index (χ0n) is 9.60. The summed E-state index contributed by atoms with van der Waals surface area (Å²) in [4.78, 5) is 11.8. The Bertz CT molecular complexity index is 330. The van der Waals surface area contributed by atoms with Gasteiger partial charge in [0.25, 0.3) is 5.91 Å². The lowest BCUT2D eigenvalue weighted by Gasteiger charge is -2.35. The topological polar surface area (TPSA) is 52.9 Å². The zero-order chi connectivity index (χ0) is 13.1. The Balaban J connectivity index is 2.71. The summed E-state index contributed by atoms with van der Waals surface area (Å²) in [6, 6.07) is 2.17. The fourth-order valence-electron chi connectivity index (χ4n) is 1.89. The van der Waals surface area contributed by atoms with Crippen molar-refractivity contribution >= 4 is 40.7 Å². The third kappa shape index (κ3) is 3.64. The first kappa shape index (κ1) is 14.9. The Morgan fingerprint density at radius 1 is 1.53 bits per heavy atom. The number of halogens is 3. The largest absolute Gasteiger partial charge is 0.335 e. The standard InChI is InChI=1S/C11H15Cl3N2O/c1-8-2-4-10(7-15,5-3-8)16-9(17)11(13,14)6-12/h8H,2-6H2,1H3,(H,16,17). The number of nitrogens with one attached hydrogen (secondary N) is 1. The predicted octanol–water partition coefficient (Wildman–Crippen LogP) is 2.99. The Kier molecular flexibility index (Phi) is 4.95. The molecule has 6 heteroatoms. The molecule has 0 unspecified atom stereocenters. The normalized spacial score (nSPS) is 29.5. The third-order valence-electron chi connectivity index (χ3n) is 3.19. The summed E-state index contributed by atoms with van der Waals surface area (Å²) in [6.07, 6.45) is 3.07. The van der Waals surface area contributed by atoms with Gasteiger partial charge in [-0.1, -0.05) is 30.1 Å². The molecule has 0 aliphatic heterocycles. The van der Waals surface area contributed by atoms with E-state index in [4.69, 9.17) is 34.8 Å². The van der Waals surface area contributed by atoms with E-state index < -0.39 is 15.8 Å². The van der Waals surface area contributed by atoms with E-state index in [0.717, 1.165) is 12.8 Å². The van der Waals surface area contributed by atoms with E-state index in [1.807, 2.05) is 0 Å². The number of rotatable bonds is 3. The number of carbonyl (C=O) groups excluding carboxylic acids is 1. The molecule has 3 nitrogen and oxygen atoms in total. The van der Waals surface area contributed by atoms with Crippen molar-refractivity contribution in [3.8, 4) is 6.07 Å². The van der Waals surface area contributed by atoms with Crippen molar-refractivity contribution in [3.05, 3.63) is 0 Å². The number of carbonyl (C=O) groups is 1. The van der Waals surface area contributed by atoms with Gasteiger partial charge in [0.2, 0.25) is 4.33 Å². The van der Waals surface area contributed by atoms with Gasteiger partial charge in [-0.25, -0.2) is 0 Å². The van der Waals surface area contributed by atoms with Crippen LogP contribution in [0.25, 0.3) is 0 Å². The van der Waals surface area contributed by atoms with Crippen molar-refractivity contribution in [2.24, 2.45) is 5.92 Å². The highest BCUT2D eigenvalue weighted by molar-refractivity contribution is 6.60. The summed E-state index contributed by atoms with van der Waals surface area (Å²) in [5.41, 5.74) is -0.843. The van der Waals surface area contributed by atoms with Gasteiger partial charge in [0.15, 0.2) is 0 Å². The van der Waals surface area contributed by atoms with Crippen LogP contribution < -0.4 is 5.32 Å². The first-order valence-electron chi connectivity index (χ1n) is 5.53. The Morgan fingerprint density at radius 3 is 2.47 bits per heavy atom. The van der Waals surface area contributed by atoms with Crippen LogP contribution in [-0.4, -0.2) is 21.7 Å². The van der Waals surface area contributed by atoms with E-state index in [2.05, 4.69) is 18.3 Å². The highest BCUT2D eigenvalue weighted by Crippen LogP contribution is 2.33. The van der Waals surface area contributed by atoms with Crippen LogP contribution in [0.2, 0.25) is 0 Å². The molecule has 0 spiro atoms. The Morgan fingerprint density at radius 2 is 2.06 bits per heavy atom. The minimum absolute atomic E-state index is 0.208. The van der Waals surface area contributed by atoms with Crippen molar-refractivity contribution < 1.29 is 4.79 Å². The maximum absolute atomic E-state index is 11.8. The molecule has 0 radical (unpaired) electrons. The van der Waals surface area contributed by atoms with Gasteiger partial charge in [-0.15, -0.1) is 11.6 Å². The molecule has 0 aromatic carbocycles. The van der Waals surface area contributed by atoms with Gasteiger partial charge in [0.05, 0.1) is 11.9 Å². The fraction of sp³-hybridized carbons (Fsp3) is 0.818. The van der Waals surface area contributed by atoms with Crippen molar-refractivity contribution in [2.45, 2.75) is 42.5 Å². The highest BCUT2D eigenvalue weighted by Gasteiger charge is 2.41. The monoisotopic (exact) mass is 296 g/mol. The molecule has 1 rings (SSSR count). The molecule has 0 aromatic rings. The molecule has 17 heavy (non-hydrogen) atoms. The number of hydrogen-bond donors (Lipinski definition) is 1. The smallest absolute Gasteiger partial charge is 0.258 e. The van der Waals surface area contributed by atoms with E-state index in [1.165, 1.54) is 0 Å². The molecule has 96 valence electrons. The lowest BCUT2D eigenvalue weighted by atomic mass is 9.78. The summed E-state index contributed by atoms with van der Waals surface area (Å²) in [5.74, 6) is -0.218. The van der Waals surface area contributed by atoms with Crippen LogP contribution in [-0.2, 0) is 4.79 Å². The van der Waals surface area contributed by atoms with Crippen molar-refractivity contribution in [1.82, 2.24) is 5.32 Å². The molecule has 1 saturated carbocycles. The van der Waals surface area contributed by atoms with Crippen LogP contribution in [0.4, 0.5) is 0 Å². The number of amides is 1. The predicted molar refractivity (Wildman–Crippen MR) is 69.3 cm³/mol. The molecule has 1 fully saturated rings. The molecule has 0 saturated heterocycles. The lowest BCUT2D eigenvalue weighted by Crippen LogP contribution is -2.54.